The molecule has 0 aliphatic heterocycles. The number of alkyl halides is 2. The van der Waals surface area contributed by atoms with Crippen molar-refractivity contribution in [2.75, 3.05) is 7.11 Å². The summed E-state index contributed by atoms with van der Waals surface area (Å²) in [5.74, 6) is -2.15. The highest BCUT2D eigenvalue weighted by molar-refractivity contribution is 5.75. The molecule has 1 aromatic carbocycles. The zero-order valence-corrected chi connectivity index (χ0v) is 10.7. The second-order valence-corrected chi connectivity index (χ2v) is 4.03. The normalized spacial score (nSPS) is 12.2. The van der Waals surface area contributed by atoms with E-state index in [9.17, 15) is 23.5 Å². The fourth-order valence-corrected chi connectivity index (χ4v) is 1.83. The van der Waals surface area contributed by atoms with Crippen LogP contribution in [0.25, 0.3) is 0 Å². The Balaban J connectivity index is 3.19. The lowest BCUT2D eigenvalue weighted by Crippen LogP contribution is -2.15. The summed E-state index contributed by atoms with van der Waals surface area (Å²) in [7, 11) is 1.16. The summed E-state index contributed by atoms with van der Waals surface area (Å²) in [4.78, 5) is 21.9. The van der Waals surface area contributed by atoms with Crippen molar-refractivity contribution in [2.45, 2.75) is 25.4 Å². The summed E-state index contributed by atoms with van der Waals surface area (Å²) in [6.07, 6.45) is -5.06. The molecule has 110 valence electrons. The lowest BCUT2D eigenvalue weighted by molar-refractivity contribution is -0.147. The van der Waals surface area contributed by atoms with E-state index in [-0.39, 0.29) is 24.0 Å². The van der Waals surface area contributed by atoms with Crippen LogP contribution >= 0.6 is 0 Å². The molecule has 1 atom stereocenters. The van der Waals surface area contributed by atoms with E-state index in [1.54, 1.807) is 0 Å². The molecule has 1 aromatic rings. The Morgan fingerprint density at radius 1 is 1.30 bits per heavy atom. The van der Waals surface area contributed by atoms with Gasteiger partial charge in [-0.3, -0.25) is 4.79 Å². The van der Waals surface area contributed by atoms with Crippen LogP contribution in [0.1, 0.15) is 35.6 Å². The van der Waals surface area contributed by atoms with Gasteiger partial charge in [-0.05, 0) is 17.5 Å². The quantitative estimate of drug-likeness (QED) is 0.780. The van der Waals surface area contributed by atoms with Crippen molar-refractivity contribution in [3.8, 4) is 0 Å². The number of aliphatic hydroxyl groups excluding tert-OH is 1. The zero-order chi connectivity index (χ0) is 15.3. The van der Waals surface area contributed by atoms with Crippen LogP contribution in [0, 0.1) is 0 Å². The molecule has 0 aliphatic carbocycles. The van der Waals surface area contributed by atoms with E-state index >= 15 is 0 Å². The predicted molar refractivity (Wildman–Crippen MR) is 64.3 cm³/mol. The number of methoxy groups -OCH3 is 1. The first kappa shape index (κ1) is 16.0. The fraction of sp³-hybridized carbons (Fsp3) is 0.385. The molecule has 0 heterocycles. The van der Waals surface area contributed by atoms with Gasteiger partial charge in [0.05, 0.1) is 7.11 Å². The van der Waals surface area contributed by atoms with Crippen LogP contribution in [0.3, 0.4) is 0 Å². The van der Waals surface area contributed by atoms with E-state index in [1.165, 1.54) is 12.1 Å². The minimum absolute atomic E-state index is 0.0391. The molecular formula is C13H14F2O5. The molecule has 0 spiro atoms. The molecule has 0 radical (unpaired) electrons. The highest BCUT2D eigenvalue weighted by Gasteiger charge is 2.24. The molecule has 0 fully saturated rings. The topological polar surface area (TPSA) is 83.8 Å². The van der Waals surface area contributed by atoms with Crippen molar-refractivity contribution < 1.29 is 33.3 Å². The minimum Gasteiger partial charge on any atom is -0.479 e. The molecule has 2 N–H and O–H groups in total. The van der Waals surface area contributed by atoms with Crippen LogP contribution in [0.4, 0.5) is 8.78 Å². The van der Waals surface area contributed by atoms with E-state index in [4.69, 9.17) is 5.11 Å². The van der Waals surface area contributed by atoms with Gasteiger partial charge in [0.15, 0.2) is 6.10 Å². The van der Waals surface area contributed by atoms with E-state index in [0.717, 1.165) is 13.2 Å². The number of hydrogen-bond acceptors (Lipinski definition) is 4. The number of carbonyl (C=O) groups is 2. The van der Waals surface area contributed by atoms with Gasteiger partial charge in [-0.1, -0.05) is 18.2 Å². The van der Waals surface area contributed by atoms with Crippen LogP contribution < -0.4 is 0 Å². The van der Waals surface area contributed by atoms with Crippen LogP contribution in [0.15, 0.2) is 18.2 Å². The zero-order valence-electron chi connectivity index (χ0n) is 10.7. The van der Waals surface area contributed by atoms with Gasteiger partial charge in [0.2, 0.25) is 0 Å². The summed E-state index contributed by atoms with van der Waals surface area (Å²) in [5.41, 5.74) is -0.575. The first-order valence-corrected chi connectivity index (χ1v) is 5.76. The second-order valence-electron chi connectivity index (χ2n) is 4.03. The Hall–Kier alpha value is -2.02. The summed E-state index contributed by atoms with van der Waals surface area (Å²) in [5, 5.41) is 18.3. The van der Waals surface area contributed by atoms with Crippen molar-refractivity contribution in [1.29, 1.82) is 0 Å². The van der Waals surface area contributed by atoms with Crippen molar-refractivity contribution in [3.05, 3.63) is 34.9 Å². The highest BCUT2D eigenvalue weighted by Crippen LogP contribution is 2.30. The molecule has 0 amide bonds. The maximum Gasteiger partial charge on any atom is 0.337 e. The molecular weight excluding hydrogens is 274 g/mol. The average Bonchev–Trinajstić information content (AvgIpc) is 2.43. The summed E-state index contributed by atoms with van der Waals surface area (Å²) >= 11 is 0. The number of rotatable bonds is 6. The maximum absolute atomic E-state index is 12.9. The van der Waals surface area contributed by atoms with E-state index in [0.29, 0.717) is 0 Å². The largest absolute Gasteiger partial charge is 0.479 e. The predicted octanol–water partition coefficient (Wildman–Crippen LogP) is 1.85. The van der Waals surface area contributed by atoms with Crippen LogP contribution in [0.5, 0.6) is 0 Å². The smallest absolute Gasteiger partial charge is 0.337 e. The third-order valence-electron chi connectivity index (χ3n) is 2.82. The lowest BCUT2D eigenvalue weighted by Gasteiger charge is -2.16. The number of carboxylic acid groups (broad SMARTS) is 1. The number of aliphatic hydroxyl groups is 1. The first-order chi connectivity index (χ1) is 9.38. The monoisotopic (exact) mass is 288 g/mol. The van der Waals surface area contributed by atoms with Gasteiger partial charge in [0.1, 0.15) is 0 Å². The van der Waals surface area contributed by atoms with Crippen LogP contribution in [-0.2, 0) is 20.7 Å². The maximum atomic E-state index is 12.9. The number of carboxylic acids is 1. The first-order valence-electron chi connectivity index (χ1n) is 5.76. The van der Waals surface area contributed by atoms with Gasteiger partial charge >= 0.3 is 11.9 Å². The highest BCUT2D eigenvalue weighted by atomic mass is 19.3. The summed E-state index contributed by atoms with van der Waals surface area (Å²) in [6.45, 7) is 0. The van der Waals surface area contributed by atoms with Crippen molar-refractivity contribution in [2.24, 2.45) is 0 Å². The molecule has 0 saturated carbocycles. The summed E-state index contributed by atoms with van der Waals surface area (Å²) < 4.78 is 30.3. The van der Waals surface area contributed by atoms with Crippen LogP contribution in [-0.4, -0.2) is 29.3 Å². The Morgan fingerprint density at radius 2 is 1.90 bits per heavy atom. The molecule has 0 saturated heterocycles. The van der Waals surface area contributed by atoms with Gasteiger partial charge in [-0.2, -0.15) is 0 Å². The molecule has 0 aliphatic rings. The van der Waals surface area contributed by atoms with E-state index in [1.807, 2.05) is 0 Å². The Morgan fingerprint density at radius 3 is 2.40 bits per heavy atom. The SMILES string of the molecule is COC(=O)CCc1c(C(F)F)cccc1C(O)C(=O)O. The molecule has 1 rings (SSSR count). The van der Waals surface area contributed by atoms with Gasteiger partial charge < -0.3 is 14.9 Å². The standard InChI is InChI=1S/C13H14F2O5/c1-20-10(16)6-5-7-8(11(17)13(18)19)3-2-4-9(7)12(14)15/h2-4,11-12,17H,5-6H2,1H3,(H,18,19). The third-order valence-corrected chi connectivity index (χ3v) is 2.82. The van der Waals surface area contributed by atoms with Gasteiger partial charge in [0, 0.05) is 12.0 Å². The Kier molecular flexibility index (Phi) is 5.57. The van der Waals surface area contributed by atoms with Gasteiger partial charge in [0.25, 0.3) is 6.43 Å². The second kappa shape index (κ2) is 6.95. The van der Waals surface area contributed by atoms with Gasteiger partial charge in [-0.25, -0.2) is 13.6 Å². The fourth-order valence-electron chi connectivity index (χ4n) is 1.83. The van der Waals surface area contributed by atoms with Crippen molar-refractivity contribution >= 4 is 11.9 Å². The third kappa shape index (κ3) is 3.74. The van der Waals surface area contributed by atoms with Crippen LogP contribution in [0.2, 0.25) is 0 Å². The van der Waals surface area contributed by atoms with E-state index in [2.05, 4.69) is 4.74 Å². The molecule has 1 unspecified atom stereocenters. The molecule has 5 nitrogen and oxygen atoms in total. The minimum atomic E-state index is -2.83. The lowest BCUT2D eigenvalue weighted by atomic mass is 9.93. The summed E-state index contributed by atoms with van der Waals surface area (Å²) in [6, 6.07) is 3.62. The van der Waals surface area contributed by atoms with Crippen molar-refractivity contribution in [3.63, 3.8) is 0 Å². The van der Waals surface area contributed by atoms with Gasteiger partial charge in [-0.15, -0.1) is 0 Å². The van der Waals surface area contributed by atoms with E-state index < -0.39 is 30.0 Å². The number of carbonyl (C=O) groups excluding carboxylic acids is 1. The number of aliphatic carboxylic acids is 1. The van der Waals surface area contributed by atoms with Crippen molar-refractivity contribution in [1.82, 2.24) is 0 Å². The number of benzene rings is 1. The Labute approximate surface area is 113 Å². The molecule has 0 aromatic heterocycles. The Bertz CT molecular complexity index is 502. The molecule has 20 heavy (non-hydrogen) atoms. The number of halogens is 2. The average molecular weight is 288 g/mol. The molecule has 0 bridgehead atoms. The molecule has 7 heteroatoms. The number of esters is 1. The number of ether oxygens (including phenoxy) is 1. The number of hydrogen-bond donors (Lipinski definition) is 2.